The predicted molar refractivity (Wildman–Crippen MR) is 96.9 cm³/mol. The molecule has 0 aliphatic rings. The van der Waals surface area contributed by atoms with Gasteiger partial charge < -0.3 is 16.2 Å². The second kappa shape index (κ2) is 8.43. The van der Waals surface area contributed by atoms with Gasteiger partial charge in [-0.2, -0.15) is 13.2 Å². The molecule has 0 fully saturated rings. The van der Waals surface area contributed by atoms with Gasteiger partial charge in [-0.1, -0.05) is 42.5 Å². The molecular formula is C20H21F3N2O3. The Morgan fingerprint density at radius 2 is 1.68 bits per heavy atom. The average molecular weight is 394 g/mol. The molecule has 150 valence electrons. The van der Waals surface area contributed by atoms with Gasteiger partial charge in [-0.15, -0.1) is 0 Å². The summed E-state index contributed by atoms with van der Waals surface area (Å²) < 4.78 is 38.9. The third kappa shape index (κ3) is 5.32. The van der Waals surface area contributed by atoms with Crippen LogP contribution in [0.1, 0.15) is 30.0 Å². The van der Waals surface area contributed by atoms with Crippen molar-refractivity contribution in [2.75, 3.05) is 0 Å². The Labute approximate surface area is 160 Å². The highest BCUT2D eigenvalue weighted by Gasteiger charge is 2.38. The van der Waals surface area contributed by atoms with E-state index in [2.05, 4.69) is 5.32 Å². The highest BCUT2D eigenvalue weighted by molar-refractivity contribution is 5.91. The summed E-state index contributed by atoms with van der Waals surface area (Å²) in [5, 5.41) is 12.5. The molecule has 0 bridgehead atoms. The summed E-state index contributed by atoms with van der Waals surface area (Å²) in [6, 6.07) is 13.0. The molecule has 0 radical (unpaired) electrons. The van der Waals surface area contributed by atoms with E-state index < -0.39 is 35.2 Å². The summed E-state index contributed by atoms with van der Waals surface area (Å²) in [6.07, 6.45) is -5.76. The molecule has 28 heavy (non-hydrogen) atoms. The Morgan fingerprint density at radius 3 is 2.25 bits per heavy atom. The van der Waals surface area contributed by atoms with Crippen molar-refractivity contribution >= 4 is 11.8 Å². The lowest BCUT2D eigenvalue weighted by atomic mass is 9.89. The molecule has 5 nitrogen and oxygen atoms in total. The Kier molecular flexibility index (Phi) is 6.45. The number of carbonyl (C=O) groups excluding carboxylic acids is 2. The number of halogens is 3. The average Bonchev–Trinajstić information content (AvgIpc) is 2.61. The van der Waals surface area contributed by atoms with E-state index in [4.69, 9.17) is 5.73 Å². The molecule has 8 heteroatoms. The normalized spacial score (nSPS) is 14.8. The molecule has 2 aromatic rings. The lowest BCUT2D eigenvalue weighted by Crippen LogP contribution is -2.53. The van der Waals surface area contributed by atoms with Crippen LogP contribution in [0.4, 0.5) is 13.2 Å². The second-order valence-corrected chi connectivity index (χ2v) is 6.66. The number of nitrogens with two attached hydrogens (primary N) is 1. The van der Waals surface area contributed by atoms with Crippen molar-refractivity contribution in [3.05, 3.63) is 71.3 Å². The van der Waals surface area contributed by atoms with Gasteiger partial charge in [0.15, 0.2) is 0 Å². The summed E-state index contributed by atoms with van der Waals surface area (Å²) in [5.74, 6) is -1.72. The molecule has 0 aromatic heterocycles. The zero-order valence-corrected chi connectivity index (χ0v) is 15.2. The number of amides is 2. The van der Waals surface area contributed by atoms with Crippen molar-refractivity contribution in [3.63, 3.8) is 0 Å². The Morgan fingerprint density at radius 1 is 1.07 bits per heavy atom. The third-order valence-corrected chi connectivity index (χ3v) is 4.38. The second-order valence-electron chi connectivity index (χ2n) is 6.66. The molecule has 0 aliphatic carbocycles. The predicted octanol–water partition coefficient (Wildman–Crippen LogP) is 2.52. The number of carbonyl (C=O) groups is 2. The highest BCUT2D eigenvalue weighted by Crippen LogP contribution is 2.32. The maximum atomic E-state index is 13.0. The maximum absolute atomic E-state index is 13.0. The molecule has 0 heterocycles. The molecule has 4 N–H and O–H groups in total. The smallest absolute Gasteiger partial charge is 0.392 e. The van der Waals surface area contributed by atoms with Crippen LogP contribution in [0, 0.1) is 0 Å². The zero-order chi connectivity index (χ0) is 20.9. The van der Waals surface area contributed by atoms with Gasteiger partial charge >= 0.3 is 6.18 Å². The molecule has 2 atom stereocenters. The van der Waals surface area contributed by atoms with Gasteiger partial charge in [0.1, 0.15) is 5.54 Å². The number of hydrogen-bond acceptors (Lipinski definition) is 3. The topological polar surface area (TPSA) is 92.4 Å². The van der Waals surface area contributed by atoms with Crippen LogP contribution in [0.3, 0.4) is 0 Å². The van der Waals surface area contributed by atoms with E-state index in [9.17, 15) is 27.9 Å². The van der Waals surface area contributed by atoms with Gasteiger partial charge in [-0.05, 0) is 36.6 Å². The molecule has 0 spiro atoms. The molecule has 2 unspecified atom stereocenters. The fourth-order valence-corrected chi connectivity index (χ4v) is 2.78. The summed E-state index contributed by atoms with van der Waals surface area (Å²) in [5.41, 5.74) is 3.27. The van der Waals surface area contributed by atoms with Crippen LogP contribution in [0.15, 0.2) is 54.6 Å². The largest absolute Gasteiger partial charge is 0.416 e. The van der Waals surface area contributed by atoms with Crippen LogP contribution < -0.4 is 11.1 Å². The van der Waals surface area contributed by atoms with Crippen molar-refractivity contribution in [2.24, 2.45) is 5.73 Å². The lowest BCUT2D eigenvalue weighted by Gasteiger charge is -2.29. The van der Waals surface area contributed by atoms with Crippen LogP contribution in [0.25, 0.3) is 0 Å². The van der Waals surface area contributed by atoms with Crippen molar-refractivity contribution in [1.82, 2.24) is 5.32 Å². The summed E-state index contributed by atoms with van der Waals surface area (Å²) in [6.45, 7) is 1.23. The van der Waals surface area contributed by atoms with Crippen LogP contribution in [-0.2, 0) is 27.7 Å². The van der Waals surface area contributed by atoms with E-state index in [1.54, 1.807) is 24.3 Å². The van der Waals surface area contributed by atoms with Crippen molar-refractivity contribution in [1.29, 1.82) is 0 Å². The first kappa shape index (κ1) is 21.4. The maximum Gasteiger partial charge on any atom is 0.416 e. The number of nitrogens with one attached hydrogen (secondary N) is 1. The van der Waals surface area contributed by atoms with Crippen LogP contribution in [0.2, 0.25) is 0 Å². The molecule has 2 aromatic carbocycles. The lowest BCUT2D eigenvalue weighted by molar-refractivity contribution is -0.138. The van der Waals surface area contributed by atoms with Gasteiger partial charge in [-0.3, -0.25) is 9.59 Å². The number of rotatable bonds is 7. The van der Waals surface area contributed by atoms with Gasteiger partial charge in [-0.25, -0.2) is 0 Å². The van der Waals surface area contributed by atoms with Crippen LogP contribution in [0.5, 0.6) is 0 Å². The monoisotopic (exact) mass is 394 g/mol. The first-order chi connectivity index (χ1) is 13.0. The standard InChI is InChI=1S/C20H21F3N2O3/c1-19(18(24)28,14-8-5-9-15(11-14)20(21,22)23)25-17(27)12-16(26)10-13-6-3-2-4-7-13/h2-9,11,16,26H,10,12H2,1H3,(H2,24,28)(H,25,27). The highest BCUT2D eigenvalue weighted by atomic mass is 19.4. The number of alkyl halides is 3. The summed E-state index contributed by atoms with van der Waals surface area (Å²) in [7, 11) is 0. The van der Waals surface area contributed by atoms with Crippen LogP contribution >= 0.6 is 0 Å². The first-order valence-electron chi connectivity index (χ1n) is 8.53. The van der Waals surface area contributed by atoms with Crippen molar-refractivity contribution in [2.45, 2.75) is 37.6 Å². The minimum absolute atomic E-state index is 0.0966. The van der Waals surface area contributed by atoms with Crippen LogP contribution in [-0.4, -0.2) is 23.0 Å². The SMILES string of the molecule is CC(NC(=O)CC(O)Cc1ccccc1)(C(N)=O)c1cccc(C(F)(F)F)c1. The molecule has 2 amide bonds. The third-order valence-electron chi connectivity index (χ3n) is 4.38. The van der Waals surface area contributed by atoms with E-state index in [1.807, 2.05) is 6.07 Å². The fourth-order valence-electron chi connectivity index (χ4n) is 2.78. The van der Waals surface area contributed by atoms with E-state index in [-0.39, 0.29) is 18.4 Å². The molecule has 0 saturated heterocycles. The summed E-state index contributed by atoms with van der Waals surface area (Å²) >= 11 is 0. The molecule has 0 saturated carbocycles. The van der Waals surface area contributed by atoms with Gasteiger partial charge in [0, 0.05) is 0 Å². The zero-order valence-electron chi connectivity index (χ0n) is 15.2. The van der Waals surface area contributed by atoms with Gasteiger partial charge in [0.25, 0.3) is 0 Å². The van der Waals surface area contributed by atoms with E-state index in [0.29, 0.717) is 0 Å². The quantitative estimate of drug-likeness (QED) is 0.674. The van der Waals surface area contributed by atoms with Gasteiger partial charge in [0.2, 0.25) is 11.8 Å². The first-order valence-corrected chi connectivity index (χ1v) is 8.53. The van der Waals surface area contributed by atoms with Crippen molar-refractivity contribution < 1.29 is 27.9 Å². The van der Waals surface area contributed by atoms with E-state index in [1.165, 1.54) is 13.0 Å². The van der Waals surface area contributed by atoms with Crippen molar-refractivity contribution in [3.8, 4) is 0 Å². The number of aliphatic hydroxyl groups is 1. The Bertz CT molecular complexity index is 840. The fraction of sp³-hybridized carbons (Fsp3) is 0.300. The molecule has 0 aliphatic heterocycles. The minimum atomic E-state index is -4.61. The Hall–Kier alpha value is -2.87. The van der Waals surface area contributed by atoms with Gasteiger partial charge in [0.05, 0.1) is 18.1 Å². The number of primary amides is 1. The molecule has 2 rings (SSSR count). The number of benzene rings is 2. The Balaban J connectivity index is 2.15. The molecular weight excluding hydrogens is 373 g/mol. The number of hydrogen-bond donors (Lipinski definition) is 3. The van der Waals surface area contributed by atoms with E-state index >= 15 is 0 Å². The minimum Gasteiger partial charge on any atom is -0.392 e. The summed E-state index contributed by atoms with van der Waals surface area (Å²) in [4.78, 5) is 24.3. The number of aliphatic hydroxyl groups excluding tert-OH is 1. The van der Waals surface area contributed by atoms with E-state index in [0.717, 1.165) is 23.8 Å².